The summed E-state index contributed by atoms with van der Waals surface area (Å²) in [6.45, 7) is 0. The van der Waals surface area contributed by atoms with E-state index in [0.29, 0.717) is 18.6 Å². The summed E-state index contributed by atoms with van der Waals surface area (Å²) in [4.78, 5) is 24.1. The van der Waals surface area contributed by atoms with E-state index in [1.165, 1.54) is 19.2 Å². The highest BCUT2D eigenvalue weighted by molar-refractivity contribution is 6.12. The zero-order valence-electron chi connectivity index (χ0n) is 11.3. The molecule has 0 N–H and O–H groups in total. The largest absolute Gasteiger partial charge is 0.468 e. The van der Waals surface area contributed by atoms with Crippen LogP contribution in [0.4, 0.5) is 4.39 Å². The van der Waals surface area contributed by atoms with Crippen LogP contribution in [0.3, 0.4) is 0 Å². The fourth-order valence-electron chi connectivity index (χ4n) is 2.53. The monoisotopic (exact) mass is 289 g/mol. The maximum atomic E-state index is 13.9. The summed E-state index contributed by atoms with van der Waals surface area (Å²) in [5, 5.41) is 3.81. The number of halogens is 1. The number of nitrogens with zero attached hydrogens (tertiary/aromatic N) is 1. The predicted molar refractivity (Wildman–Crippen MR) is 70.1 cm³/mol. The summed E-state index contributed by atoms with van der Waals surface area (Å²) < 4.78 is 23.7. The molecule has 5 nitrogen and oxygen atoms in total. The zero-order valence-corrected chi connectivity index (χ0v) is 11.3. The van der Waals surface area contributed by atoms with Crippen LogP contribution in [0.1, 0.15) is 22.5 Å². The molecular weight excluding hydrogens is 277 g/mol. The number of Topliss-reactive ketones (excluding diaryl/α,β-unsaturated/α-hetero) is 1. The number of esters is 1. The Labute approximate surface area is 119 Å². The Kier molecular flexibility index (Phi) is 3.29. The summed E-state index contributed by atoms with van der Waals surface area (Å²) in [5.41, 5.74) is 0.504. The van der Waals surface area contributed by atoms with Gasteiger partial charge in [0.2, 0.25) is 0 Å². The normalized spacial score (nSPS) is 17.4. The van der Waals surface area contributed by atoms with E-state index < -0.39 is 23.5 Å². The molecule has 0 aliphatic heterocycles. The number of carbonyl (C=O) groups excluding carboxylic acids is 2. The van der Waals surface area contributed by atoms with Crippen LogP contribution in [0.15, 0.2) is 28.8 Å². The van der Waals surface area contributed by atoms with Crippen LogP contribution in [0.5, 0.6) is 0 Å². The van der Waals surface area contributed by atoms with Crippen molar-refractivity contribution < 1.29 is 23.2 Å². The third-order valence-corrected chi connectivity index (χ3v) is 3.60. The molecule has 21 heavy (non-hydrogen) atoms. The van der Waals surface area contributed by atoms with Gasteiger partial charge in [-0.05, 0) is 18.6 Å². The quantitative estimate of drug-likeness (QED) is 0.627. The molecule has 1 heterocycles. The lowest BCUT2D eigenvalue weighted by Gasteiger charge is -2.17. The van der Waals surface area contributed by atoms with Crippen molar-refractivity contribution in [1.82, 2.24) is 5.16 Å². The van der Waals surface area contributed by atoms with Crippen molar-refractivity contribution in [1.29, 1.82) is 0 Å². The Morgan fingerprint density at radius 2 is 2.19 bits per heavy atom. The molecule has 0 bridgehead atoms. The van der Waals surface area contributed by atoms with Crippen LogP contribution in [0.25, 0.3) is 11.3 Å². The summed E-state index contributed by atoms with van der Waals surface area (Å²) in [6.07, 6.45) is 0.701. The van der Waals surface area contributed by atoms with Crippen molar-refractivity contribution in [2.24, 2.45) is 5.92 Å². The van der Waals surface area contributed by atoms with Crippen LogP contribution >= 0.6 is 0 Å². The highest BCUT2D eigenvalue weighted by Crippen LogP contribution is 2.34. The number of fused-ring (bicyclic) bond motifs is 1. The van der Waals surface area contributed by atoms with Crippen LogP contribution in [-0.4, -0.2) is 24.0 Å². The fraction of sp³-hybridized carbons (Fsp3) is 0.267. The number of ketones is 1. The topological polar surface area (TPSA) is 69.4 Å². The molecule has 108 valence electrons. The van der Waals surface area contributed by atoms with Gasteiger partial charge >= 0.3 is 5.97 Å². The highest BCUT2D eigenvalue weighted by Gasteiger charge is 2.38. The number of aryl methyl sites for hydroxylation is 1. The molecule has 1 aliphatic carbocycles. The van der Waals surface area contributed by atoms with E-state index in [2.05, 4.69) is 9.89 Å². The Bertz CT molecular complexity index is 722. The van der Waals surface area contributed by atoms with Crippen LogP contribution < -0.4 is 0 Å². The number of aromatic nitrogens is 1. The van der Waals surface area contributed by atoms with E-state index in [1.54, 1.807) is 12.1 Å². The minimum absolute atomic E-state index is 0.140. The second-order valence-electron chi connectivity index (χ2n) is 4.79. The molecule has 6 heteroatoms. The molecule has 0 spiro atoms. The van der Waals surface area contributed by atoms with Crippen molar-refractivity contribution in [3.63, 3.8) is 0 Å². The molecule has 0 radical (unpaired) electrons. The predicted octanol–water partition coefficient (Wildman–Crippen LogP) is 2.40. The molecule has 3 rings (SSSR count). The fourth-order valence-corrected chi connectivity index (χ4v) is 2.53. The lowest BCUT2D eigenvalue weighted by molar-refractivity contribution is -0.143. The summed E-state index contributed by atoms with van der Waals surface area (Å²) in [7, 11) is 1.23. The number of carbonyl (C=O) groups is 2. The van der Waals surface area contributed by atoms with Gasteiger partial charge in [0.05, 0.1) is 12.7 Å². The van der Waals surface area contributed by atoms with Crippen molar-refractivity contribution >= 4 is 11.8 Å². The maximum Gasteiger partial charge on any atom is 0.316 e. The summed E-state index contributed by atoms with van der Waals surface area (Å²) >= 11 is 0. The molecule has 2 aromatic rings. The van der Waals surface area contributed by atoms with E-state index in [1.807, 2.05) is 0 Å². The first kappa shape index (κ1) is 13.5. The molecule has 0 amide bonds. The van der Waals surface area contributed by atoms with Crippen molar-refractivity contribution in [2.45, 2.75) is 12.8 Å². The average molecular weight is 289 g/mol. The average Bonchev–Trinajstić information content (AvgIpc) is 2.92. The van der Waals surface area contributed by atoms with Crippen LogP contribution in [0.2, 0.25) is 0 Å². The molecule has 1 atom stereocenters. The number of rotatable bonds is 2. The number of hydrogen-bond acceptors (Lipinski definition) is 5. The number of hydrogen-bond donors (Lipinski definition) is 0. The smallest absolute Gasteiger partial charge is 0.316 e. The lowest BCUT2D eigenvalue weighted by Crippen LogP contribution is -2.30. The molecule has 0 fully saturated rings. The van der Waals surface area contributed by atoms with Crippen LogP contribution in [-0.2, 0) is 16.0 Å². The van der Waals surface area contributed by atoms with Gasteiger partial charge in [0.25, 0.3) is 0 Å². The Morgan fingerprint density at radius 3 is 2.90 bits per heavy atom. The second kappa shape index (κ2) is 5.12. The van der Waals surface area contributed by atoms with Gasteiger partial charge in [-0.15, -0.1) is 0 Å². The van der Waals surface area contributed by atoms with Crippen LogP contribution in [0, 0.1) is 11.7 Å². The second-order valence-corrected chi connectivity index (χ2v) is 4.79. The van der Waals surface area contributed by atoms with Gasteiger partial charge in [-0.3, -0.25) is 9.59 Å². The van der Waals surface area contributed by atoms with E-state index >= 15 is 0 Å². The van der Waals surface area contributed by atoms with Gasteiger partial charge in [0.1, 0.15) is 23.2 Å². The van der Waals surface area contributed by atoms with Crippen molar-refractivity contribution in [3.05, 3.63) is 41.4 Å². The molecule has 1 aromatic carbocycles. The first-order valence-corrected chi connectivity index (χ1v) is 6.49. The summed E-state index contributed by atoms with van der Waals surface area (Å²) in [5.74, 6) is -2.01. The number of benzene rings is 1. The third kappa shape index (κ3) is 2.12. The standard InChI is InChI=1S/C15H12FNO4/c1-20-15(19)9-6-7-11-12(14(9)18)13(17-21-11)8-4-2-3-5-10(8)16/h2-5,9H,6-7H2,1H3. The Balaban J connectivity index is 2.09. The van der Waals surface area contributed by atoms with E-state index in [0.717, 1.165) is 0 Å². The molecule has 1 unspecified atom stereocenters. The molecule has 1 aliphatic rings. The van der Waals surface area contributed by atoms with Gasteiger partial charge in [0.15, 0.2) is 5.78 Å². The number of methoxy groups -OCH3 is 1. The van der Waals surface area contributed by atoms with Crippen molar-refractivity contribution in [2.75, 3.05) is 7.11 Å². The van der Waals surface area contributed by atoms with E-state index in [4.69, 9.17) is 4.52 Å². The SMILES string of the molecule is COC(=O)C1CCc2onc(-c3ccccc3F)c2C1=O. The minimum Gasteiger partial charge on any atom is -0.468 e. The molecule has 0 saturated heterocycles. The van der Waals surface area contributed by atoms with Gasteiger partial charge in [-0.2, -0.15) is 0 Å². The van der Waals surface area contributed by atoms with Gasteiger partial charge in [-0.25, -0.2) is 4.39 Å². The molecule has 0 saturated carbocycles. The highest BCUT2D eigenvalue weighted by atomic mass is 19.1. The summed E-state index contributed by atoms with van der Waals surface area (Å²) in [6, 6.07) is 5.99. The first-order valence-electron chi connectivity index (χ1n) is 6.49. The Hall–Kier alpha value is -2.50. The van der Waals surface area contributed by atoms with E-state index in [9.17, 15) is 14.0 Å². The zero-order chi connectivity index (χ0) is 15.0. The minimum atomic E-state index is -0.882. The van der Waals surface area contributed by atoms with Gasteiger partial charge < -0.3 is 9.26 Å². The Morgan fingerprint density at radius 1 is 1.43 bits per heavy atom. The molecular formula is C15H12FNO4. The first-order chi connectivity index (χ1) is 10.1. The maximum absolute atomic E-state index is 13.9. The van der Waals surface area contributed by atoms with Crippen molar-refractivity contribution in [3.8, 4) is 11.3 Å². The number of ether oxygens (including phenoxy) is 1. The third-order valence-electron chi connectivity index (χ3n) is 3.60. The van der Waals surface area contributed by atoms with E-state index in [-0.39, 0.29) is 16.8 Å². The molecule has 1 aromatic heterocycles. The lowest BCUT2D eigenvalue weighted by atomic mass is 9.84. The van der Waals surface area contributed by atoms with Gasteiger partial charge in [0, 0.05) is 12.0 Å². The van der Waals surface area contributed by atoms with Gasteiger partial charge in [-0.1, -0.05) is 17.3 Å².